The van der Waals surface area contributed by atoms with Crippen LogP contribution in [0.4, 0.5) is 0 Å². The molecule has 0 saturated heterocycles. The van der Waals surface area contributed by atoms with E-state index in [9.17, 15) is 0 Å². The van der Waals surface area contributed by atoms with E-state index < -0.39 is 0 Å². The number of hydrogen-bond acceptors (Lipinski definition) is 0. The molecule has 0 aliphatic rings. The van der Waals surface area contributed by atoms with E-state index in [0.29, 0.717) is 0 Å². The Bertz CT molecular complexity index is 50.0. The van der Waals surface area contributed by atoms with Gasteiger partial charge in [-0.05, 0) is 6.92 Å². The molecular weight excluding hydrogens is 83.0 g/mol. The van der Waals surface area contributed by atoms with Crippen molar-refractivity contribution >= 4 is 0 Å². The van der Waals surface area contributed by atoms with Crippen LogP contribution in [0, 0.1) is 0 Å². The van der Waals surface area contributed by atoms with Gasteiger partial charge in [-0.3, -0.25) is 0 Å². The zero-order valence-corrected chi connectivity index (χ0v) is 6.44. The van der Waals surface area contributed by atoms with E-state index >= 15 is 0 Å². The molecule has 0 nitrogen and oxygen atoms in total. The third-order valence-electron chi connectivity index (χ3n) is 0.329. The topological polar surface area (TPSA) is 0 Å². The maximum absolute atomic E-state index is 3.46. The predicted octanol–water partition coefficient (Wildman–Crippen LogP) is -1.13. The summed E-state index contributed by atoms with van der Waals surface area (Å²) in [7, 11) is 0. The summed E-state index contributed by atoms with van der Waals surface area (Å²) in [6.45, 7) is 5.42. The van der Waals surface area contributed by atoms with Crippen LogP contribution in [0.1, 0.15) is 8.35 Å². The molecule has 0 radical (unpaired) electrons. The summed E-state index contributed by atoms with van der Waals surface area (Å²) < 4.78 is 0. The standard InChI is InChI=1S/C5H8.Na.H/c1-3-5-4-2;;/h3-5H,1H2,2H3;;/q;+1;-1. The molecule has 6 heavy (non-hydrogen) atoms. The molecule has 0 aromatic rings. The predicted molar refractivity (Wildman–Crippen MR) is 26.1 cm³/mol. The van der Waals surface area contributed by atoms with Crippen molar-refractivity contribution in [1.29, 1.82) is 0 Å². The van der Waals surface area contributed by atoms with Gasteiger partial charge >= 0.3 is 29.6 Å². The molecule has 0 aromatic carbocycles. The zero-order chi connectivity index (χ0) is 4.12. The fourth-order valence-corrected chi connectivity index (χ4v) is 0.136. The molecule has 0 bridgehead atoms. The van der Waals surface area contributed by atoms with Gasteiger partial charge in [0.15, 0.2) is 0 Å². The number of hydrogen-bond donors (Lipinski definition) is 0. The first kappa shape index (κ1) is 9.70. The molecular formula is C5H9Na. The van der Waals surface area contributed by atoms with Crippen LogP contribution in [0.25, 0.3) is 0 Å². The summed E-state index contributed by atoms with van der Waals surface area (Å²) in [6, 6.07) is 0. The van der Waals surface area contributed by atoms with Crippen LogP contribution in [0.5, 0.6) is 0 Å². The van der Waals surface area contributed by atoms with E-state index in [0.717, 1.165) is 0 Å². The molecule has 0 unspecified atom stereocenters. The van der Waals surface area contributed by atoms with Gasteiger partial charge in [-0.15, -0.1) is 0 Å². The molecule has 0 rings (SSSR count). The summed E-state index contributed by atoms with van der Waals surface area (Å²) in [5.41, 5.74) is 0. The monoisotopic (exact) mass is 92.1 g/mol. The van der Waals surface area contributed by atoms with Gasteiger partial charge in [0, 0.05) is 0 Å². The Morgan fingerprint density at radius 2 is 2.17 bits per heavy atom. The maximum atomic E-state index is 3.46. The first-order valence-electron chi connectivity index (χ1n) is 1.65. The van der Waals surface area contributed by atoms with E-state index in [-0.39, 0.29) is 31.0 Å². The van der Waals surface area contributed by atoms with Crippen molar-refractivity contribution < 1.29 is 31.0 Å². The normalized spacial score (nSPS) is 7.50. The Morgan fingerprint density at radius 1 is 1.67 bits per heavy atom. The van der Waals surface area contributed by atoms with Crippen LogP contribution in [-0.2, 0) is 0 Å². The van der Waals surface area contributed by atoms with Gasteiger partial charge in [-0.2, -0.15) is 0 Å². The quantitative estimate of drug-likeness (QED) is 0.283. The van der Waals surface area contributed by atoms with Gasteiger partial charge < -0.3 is 1.43 Å². The Kier molecular flexibility index (Phi) is 14.7. The second-order valence-electron chi connectivity index (χ2n) is 0.761. The molecule has 0 spiro atoms. The average molecular weight is 92.1 g/mol. The molecule has 1 heteroatoms. The van der Waals surface area contributed by atoms with Crippen molar-refractivity contribution in [2.24, 2.45) is 0 Å². The van der Waals surface area contributed by atoms with Crippen LogP contribution >= 0.6 is 0 Å². The molecule has 0 fully saturated rings. The summed E-state index contributed by atoms with van der Waals surface area (Å²) in [5, 5.41) is 0. The first-order chi connectivity index (χ1) is 2.41. The summed E-state index contributed by atoms with van der Waals surface area (Å²) in [5.74, 6) is 0. The van der Waals surface area contributed by atoms with Gasteiger partial charge in [0.2, 0.25) is 0 Å². The van der Waals surface area contributed by atoms with Gasteiger partial charge in [-0.25, -0.2) is 0 Å². The summed E-state index contributed by atoms with van der Waals surface area (Å²) >= 11 is 0. The van der Waals surface area contributed by atoms with Crippen molar-refractivity contribution in [1.82, 2.24) is 0 Å². The van der Waals surface area contributed by atoms with Crippen LogP contribution < -0.4 is 29.6 Å². The smallest absolute Gasteiger partial charge is 1.00 e. The van der Waals surface area contributed by atoms with Gasteiger partial charge in [0.25, 0.3) is 0 Å². The van der Waals surface area contributed by atoms with Gasteiger partial charge in [0.1, 0.15) is 0 Å². The fourth-order valence-electron chi connectivity index (χ4n) is 0.136. The van der Waals surface area contributed by atoms with E-state index in [2.05, 4.69) is 6.58 Å². The molecule has 30 valence electrons. The molecule has 0 aliphatic carbocycles. The Labute approximate surface area is 62.7 Å². The second kappa shape index (κ2) is 9.08. The van der Waals surface area contributed by atoms with Crippen molar-refractivity contribution in [3.63, 3.8) is 0 Å². The van der Waals surface area contributed by atoms with Crippen LogP contribution in [0.15, 0.2) is 24.8 Å². The van der Waals surface area contributed by atoms with E-state index in [1.807, 2.05) is 19.1 Å². The van der Waals surface area contributed by atoms with E-state index in [1.54, 1.807) is 6.08 Å². The first-order valence-corrected chi connectivity index (χ1v) is 1.65. The van der Waals surface area contributed by atoms with Gasteiger partial charge in [0.05, 0.1) is 0 Å². The van der Waals surface area contributed by atoms with Crippen LogP contribution in [-0.4, -0.2) is 0 Å². The SMILES string of the molecule is C=CC=CC.[H-].[Na+]. The molecule has 0 aliphatic heterocycles. The minimum absolute atomic E-state index is 0. The third-order valence-corrected chi connectivity index (χ3v) is 0.329. The zero-order valence-electron chi connectivity index (χ0n) is 5.44. The summed E-state index contributed by atoms with van der Waals surface area (Å²) in [6.07, 6.45) is 5.58. The fraction of sp³-hybridized carbons (Fsp3) is 0.200. The minimum Gasteiger partial charge on any atom is -1.00 e. The Morgan fingerprint density at radius 3 is 2.17 bits per heavy atom. The number of allylic oxidation sites excluding steroid dienone is 3. The van der Waals surface area contributed by atoms with Crippen molar-refractivity contribution in [2.45, 2.75) is 6.92 Å². The van der Waals surface area contributed by atoms with E-state index in [4.69, 9.17) is 0 Å². The molecule has 0 saturated carbocycles. The Balaban J connectivity index is -0.0000000800. The van der Waals surface area contributed by atoms with Crippen LogP contribution in [0.3, 0.4) is 0 Å². The van der Waals surface area contributed by atoms with Gasteiger partial charge in [-0.1, -0.05) is 24.8 Å². The second-order valence-corrected chi connectivity index (χ2v) is 0.761. The van der Waals surface area contributed by atoms with Crippen molar-refractivity contribution in [3.8, 4) is 0 Å². The van der Waals surface area contributed by atoms with Crippen molar-refractivity contribution in [2.75, 3.05) is 0 Å². The molecule has 0 atom stereocenters. The third kappa shape index (κ3) is 8.82. The average Bonchev–Trinajstić information content (AvgIpc) is 1.41. The summed E-state index contributed by atoms with van der Waals surface area (Å²) in [4.78, 5) is 0. The largest absolute Gasteiger partial charge is 1.00 e. The number of rotatable bonds is 1. The molecule has 0 heterocycles. The Hall–Kier alpha value is 0.480. The molecule has 0 amide bonds. The van der Waals surface area contributed by atoms with Crippen molar-refractivity contribution in [3.05, 3.63) is 24.8 Å². The molecule has 0 aromatic heterocycles. The molecule has 0 N–H and O–H groups in total. The minimum atomic E-state index is 0. The maximum Gasteiger partial charge on any atom is 1.00 e. The van der Waals surface area contributed by atoms with Crippen LogP contribution in [0.2, 0.25) is 0 Å². The van der Waals surface area contributed by atoms with E-state index in [1.165, 1.54) is 0 Å².